The van der Waals surface area contributed by atoms with Crippen LogP contribution in [-0.2, 0) is 9.84 Å². The summed E-state index contributed by atoms with van der Waals surface area (Å²) in [6, 6.07) is 22.7. The molecule has 2 aliphatic rings. The second-order valence-electron chi connectivity index (χ2n) is 6.98. The number of hydrogen-bond acceptors (Lipinski definition) is 3. The van der Waals surface area contributed by atoms with Gasteiger partial charge in [0, 0.05) is 16.8 Å². The fourth-order valence-electron chi connectivity index (χ4n) is 3.70. The first-order valence-electron chi connectivity index (χ1n) is 9.12. The Balaban J connectivity index is 2.12. The summed E-state index contributed by atoms with van der Waals surface area (Å²) in [6.45, 7) is 0. The molecule has 0 heterocycles. The van der Waals surface area contributed by atoms with Crippen LogP contribution in [0.3, 0.4) is 0 Å². The van der Waals surface area contributed by atoms with Crippen LogP contribution in [0, 0.1) is 0 Å². The van der Waals surface area contributed by atoms with Crippen LogP contribution in [0.15, 0.2) is 83.8 Å². The predicted molar refractivity (Wildman–Crippen MR) is 119 cm³/mol. The number of halogens is 1. The molecule has 0 atom stereocenters. The molecular formula is C24H17ClO4S. The van der Waals surface area contributed by atoms with E-state index >= 15 is 0 Å². The van der Waals surface area contributed by atoms with Crippen molar-refractivity contribution in [3.05, 3.63) is 89.4 Å². The molecule has 0 saturated carbocycles. The molecule has 0 radical (unpaired) electrons. The molecule has 30 heavy (non-hydrogen) atoms. The first kappa shape index (κ1) is 20.1. The highest BCUT2D eigenvalue weighted by Crippen LogP contribution is 2.48. The van der Waals surface area contributed by atoms with Gasteiger partial charge in [-0.05, 0) is 52.1 Å². The van der Waals surface area contributed by atoms with Crippen molar-refractivity contribution < 1.29 is 18.3 Å². The van der Waals surface area contributed by atoms with Gasteiger partial charge in [0.2, 0.25) is 0 Å². The minimum Gasteiger partial charge on any atom is -0.478 e. The van der Waals surface area contributed by atoms with Crippen molar-refractivity contribution in [3.8, 4) is 33.4 Å². The molecule has 2 aromatic rings. The lowest BCUT2D eigenvalue weighted by atomic mass is 9.95. The highest BCUT2D eigenvalue weighted by Gasteiger charge is 2.28. The van der Waals surface area contributed by atoms with Crippen LogP contribution < -0.4 is 0 Å². The molecule has 6 heteroatoms. The first-order chi connectivity index (χ1) is 14.3. The Morgan fingerprint density at radius 1 is 0.800 bits per heavy atom. The van der Waals surface area contributed by atoms with Crippen LogP contribution in [0.4, 0.5) is 0 Å². The van der Waals surface area contributed by atoms with Crippen molar-refractivity contribution in [2.24, 2.45) is 0 Å². The highest BCUT2D eigenvalue weighted by molar-refractivity contribution is 7.90. The second-order valence-corrected chi connectivity index (χ2v) is 9.43. The average Bonchev–Trinajstić information content (AvgIpc) is 2.83. The quantitative estimate of drug-likeness (QED) is 0.433. The molecule has 0 aromatic heterocycles. The van der Waals surface area contributed by atoms with E-state index in [-0.39, 0.29) is 10.5 Å². The fraction of sp³-hybridized carbons (Fsp3) is 0.0417. The van der Waals surface area contributed by atoms with Gasteiger partial charge in [0.25, 0.3) is 0 Å². The summed E-state index contributed by atoms with van der Waals surface area (Å²) in [5.41, 5.74) is 4.23. The molecule has 0 aliphatic heterocycles. The predicted octanol–water partition coefficient (Wildman–Crippen LogP) is 5.88. The number of aromatic carboxylic acids is 1. The lowest BCUT2D eigenvalue weighted by molar-refractivity contribution is 0.0699. The molecule has 0 spiro atoms. The highest BCUT2D eigenvalue weighted by atomic mass is 35.5. The molecular weight excluding hydrogens is 420 g/mol. The zero-order valence-electron chi connectivity index (χ0n) is 16.0. The van der Waals surface area contributed by atoms with Gasteiger partial charge < -0.3 is 5.11 Å². The average molecular weight is 437 g/mol. The van der Waals surface area contributed by atoms with Gasteiger partial charge in [0.15, 0.2) is 9.84 Å². The maximum absolute atomic E-state index is 12.3. The van der Waals surface area contributed by atoms with E-state index < -0.39 is 15.8 Å². The summed E-state index contributed by atoms with van der Waals surface area (Å²) in [4.78, 5) is 12.5. The molecule has 0 unspecified atom stereocenters. The van der Waals surface area contributed by atoms with Crippen molar-refractivity contribution >= 4 is 27.4 Å². The number of fused-ring (bicyclic) bond motifs is 1. The van der Waals surface area contributed by atoms with Gasteiger partial charge in [-0.3, -0.25) is 0 Å². The van der Waals surface area contributed by atoms with Crippen LogP contribution >= 0.6 is 11.6 Å². The maximum Gasteiger partial charge on any atom is 0.336 e. The molecule has 1 N–H and O–H groups in total. The molecule has 2 aromatic carbocycles. The summed E-state index contributed by atoms with van der Waals surface area (Å²) in [7, 11) is -3.36. The van der Waals surface area contributed by atoms with E-state index in [1.807, 2.05) is 30.3 Å². The van der Waals surface area contributed by atoms with E-state index in [1.54, 1.807) is 36.4 Å². The van der Waals surface area contributed by atoms with Crippen LogP contribution in [0.5, 0.6) is 0 Å². The minimum absolute atomic E-state index is 0.170. The van der Waals surface area contributed by atoms with Gasteiger partial charge in [0.05, 0.1) is 10.5 Å². The lowest BCUT2D eigenvalue weighted by Gasteiger charge is -2.09. The van der Waals surface area contributed by atoms with Gasteiger partial charge in [-0.2, -0.15) is 0 Å². The number of benzene rings is 2. The maximum atomic E-state index is 12.3. The summed E-state index contributed by atoms with van der Waals surface area (Å²) < 4.78 is 23.7. The largest absolute Gasteiger partial charge is 0.478 e. The van der Waals surface area contributed by atoms with E-state index in [4.69, 9.17) is 11.6 Å². The lowest BCUT2D eigenvalue weighted by Crippen LogP contribution is -1.99. The smallest absolute Gasteiger partial charge is 0.336 e. The zero-order chi connectivity index (χ0) is 21.5. The van der Waals surface area contributed by atoms with Crippen molar-refractivity contribution in [1.29, 1.82) is 0 Å². The van der Waals surface area contributed by atoms with E-state index in [0.717, 1.165) is 22.9 Å². The molecule has 4 nitrogen and oxygen atoms in total. The number of hydrogen-bond donors (Lipinski definition) is 1. The van der Waals surface area contributed by atoms with Crippen molar-refractivity contribution in [2.75, 3.05) is 6.26 Å². The van der Waals surface area contributed by atoms with Crippen LogP contribution in [0.25, 0.3) is 33.4 Å². The number of rotatable bonds is 4. The van der Waals surface area contributed by atoms with Gasteiger partial charge in [0.1, 0.15) is 0 Å². The number of carbonyl (C=O) groups is 1. The third kappa shape index (κ3) is 3.58. The standard InChI is InChI=1S/C24H17ClO4S/c1-30(28,29)18-12-10-15(11-13-18)22-21(16-6-5-7-17(25)14-16)19-8-3-2-4-9-20(19)23(22)24(26)27/h2-14H,1H3,(H,26,27). The van der Waals surface area contributed by atoms with E-state index in [1.165, 1.54) is 12.1 Å². The first-order valence-corrected chi connectivity index (χ1v) is 11.4. The normalized spacial score (nSPS) is 11.5. The summed E-state index contributed by atoms with van der Waals surface area (Å²) >= 11 is 6.23. The Morgan fingerprint density at radius 2 is 1.47 bits per heavy atom. The SMILES string of the molecule is CS(=O)(=O)c1ccc(-c2c(C(=O)O)c3cccccc-3c2-c2cccc(Cl)c2)cc1. The van der Waals surface area contributed by atoms with Gasteiger partial charge in [-0.1, -0.05) is 66.2 Å². The van der Waals surface area contributed by atoms with E-state index in [9.17, 15) is 18.3 Å². The van der Waals surface area contributed by atoms with E-state index in [2.05, 4.69) is 0 Å². The third-order valence-corrected chi connectivity index (χ3v) is 6.34. The van der Waals surface area contributed by atoms with Gasteiger partial charge in [-0.15, -0.1) is 0 Å². The minimum atomic E-state index is -3.36. The summed E-state index contributed by atoms with van der Waals surface area (Å²) in [6.07, 6.45) is 1.14. The van der Waals surface area contributed by atoms with Crippen molar-refractivity contribution in [1.82, 2.24) is 0 Å². The third-order valence-electron chi connectivity index (χ3n) is 4.98. The molecule has 0 bridgehead atoms. The second kappa shape index (κ2) is 7.59. The Labute approximate surface area is 179 Å². The Morgan fingerprint density at radius 3 is 2.07 bits per heavy atom. The molecule has 0 saturated heterocycles. The number of carboxylic acids is 1. The number of carboxylic acid groups (broad SMARTS) is 1. The summed E-state index contributed by atoms with van der Waals surface area (Å²) in [5, 5.41) is 10.6. The van der Waals surface area contributed by atoms with Gasteiger partial charge in [-0.25, -0.2) is 13.2 Å². The Bertz CT molecular complexity index is 1340. The molecule has 4 rings (SSSR count). The fourth-order valence-corrected chi connectivity index (χ4v) is 4.52. The molecule has 0 amide bonds. The molecule has 2 aliphatic carbocycles. The summed E-state index contributed by atoms with van der Waals surface area (Å²) in [5.74, 6) is -1.05. The zero-order valence-corrected chi connectivity index (χ0v) is 17.5. The van der Waals surface area contributed by atoms with Gasteiger partial charge >= 0.3 is 5.97 Å². The van der Waals surface area contributed by atoms with Crippen LogP contribution in [0.1, 0.15) is 10.4 Å². The number of sulfone groups is 1. The van der Waals surface area contributed by atoms with E-state index in [0.29, 0.717) is 21.7 Å². The Kier molecular flexibility index (Phi) is 5.10. The topological polar surface area (TPSA) is 71.4 Å². The van der Waals surface area contributed by atoms with Crippen molar-refractivity contribution in [3.63, 3.8) is 0 Å². The monoisotopic (exact) mass is 436 g/mol. The molecule has 0 fully saturated rings. The van der Waals surface area contributed by atoms with Crippen LogP contribution in [0.2, 0.25) is 5.02 Å². The molecule has 150 valence electrons. The Hall–Kier alpha value is -3.15. The van der Waals surface area contributed by atoms with Crippen molar-refractivity contribution in [2.45, 2.75) is 4.90 Å². The van der Waals surface area contributed by atoms with Crippen LogP contribution in [-0.4, -0.2) is 25.7 Å².